The van der Waals surface area contributed by atoms with Gasteiger partial charge < -0.3 is 24.4 Å². The monoisotopic (exact) mass is 545 g/mol. The minimum Gasteiger partial charge on any atom is -0.493 e. The lowest BCUT2D eigenvalue weighted by atomic mass is 10.1. The molecule has 0 atom stereocenters. The Bertz CT molecular complexity index is 842. The maximum atomic E-state index is 5.45. The van der Waals surface area contributed by atoms with Crippen LogP contribution in [-0.2, 0) is 20.1 Å². The van der Waals surface area contributed by atoms with Crippen LogP contribution in [0.15, 0.2) is 23.3 Å². The Morgan fingerprint density at radius 3 is 2.26 bits per heavy atom. The SMILES string of the molecule is CCNC(=NCc1cc(OC)c(OC)c(OC)c1)N(C)Cc1cn(C)nc1C(C)C.I. The first-order valence-corrected chi connectivity index (χ1v) is 10.1. The Kier molecular flexibility index (Phi) is 10.9. The van der Waals surface area contributed by atoms with Crippen molar-refractivity contribution in [1.29, 1.82) is 0 Å². The molecule has 0 spiro atoms. The van der Waals surface area contributed by atoms with Gasteiger partial charge in [-0.3, -0.25) is 4.68 Å². The second-order valence-electron chi connectivity index (χ2n) is 7.43. The smallest absolute Gasteiger partial charge is 0.203 e. The van der Waals surface area contributed by atoms with E-state index in [9.17, 15) is 0 Å². The molecule has 31 heavy (non-hydrogen) atoms. The standard InChI is InChI=1S/C22H35N5O3.HI/c1-9-23-22(26(4)13-17-14-27(5)25-20(17)15(2)3)24-12-16-10-18(28-6)21(30-8)19(11-16)29-7;/h10-11,14-15H,9,12-13H2,1-8H3,(H,23,24);1H. The highest BCUT2D eigenvalue weighted by Gasteiger charge is 2.16. The first kappa shape index (κ1) is 26.9. The number of ether oxygens (including phenoxy) is 3. The number of nitrogens with one attached hydrogen (secondary N) is 1. The van der Waals surface area contributed by atoms with Crippen LogP contribution in [0, 0.1) is 0 Å². The first-order chi connectivity index (χ1) is 14.3. The highest BCUT2D eigenvalue weighted by Crippen LogP contribution is 2.38. The average Bonchev–Trinajstić information content (AvgIpc) is 3.10. The Balaban J connectivity index is 0.00000480. The number of halogens is 1. The number of hydrogen-bond donors (Lipinski definition) is 1. The van der Waals surface area contributed by atoms with E-state index in [0.29, 0.717) is 29.7 Å². The van der Waals surface area contributed by atoms with E-state index >= 15 is 0 Å². The summed E-state index contributed by atoms with van der Waals surface area (Å²) < 4.78 is 18.2. The zero-order valence-electron chi connectivity index (χ0n) is 19.9. The van der Waals surface area contributed by atoms with Gasteiger partial charge in [0, 0.05) is 38.9 Å². The van der Waals surface area contributed by atoms with Crippen LogP contribution < -0.4 is 19.5 Å². The van der Waals surface area contributed by atoms with Crippen molar-refractivity contribution < 1.29 is 14.2 Å². The molecule has 0 saturated heterocycles. The highest BCUT2D eigenvalue weighted by molar-refractivity contribution is 14.0. The molecule has 0 aliphatic rings. The van der Waals surface area contributed by atoms with Crippen LogP contribution in [0.5, 0.6) is 17.2 Å². The molecule has 1 heterocycles. The molecule has 2 aromatic rings. The molecule has 174 valence electrons. The molecule has 0 aliphatic heterocycles. The van der Waals surface area contributed by atoms with E-state index in [0.717, 1.165) is 30.3 Å². The molecule has 0 fully saturated rings. The zero-order chi connectivity index (χ0) is 22.3. The van der Waals surface area contributed by atoms with Gasteiger partial charge in [-0.15, -0.1) is 24.0 Å². The molecular formula is C22H36IN5O3. The maximum absolute atomic E-state index is 5.45. The van der Waals surface area contributed by atoms with Gasteiger partial charge in [-0.2, -0.15) is 5.10 Å². The maximum Gasteiger partial charge on any atom is 0.203 e. The number of guanidine groups is 1. The fourth-order valence-corrected chi connectivity index (χ4v) is 3.36. The summed E-state index contributed by atoms with van der Waals surface area (Å²) in [5.41, 5.74) is 3.29. The molecule has 8 nitrogen and oxygen atoms in total. The number of methoxy groups -OCH3 is 3. The van der Waals surface area contributed by atoms with Gasteiger partial charge >= 0.3 is 0 Å². The largest absolute Gasteiger partial charge is 0.493 e. The summed E-state index contributed by atoms with van der Waals surface area (Å²) in [5.74, 6) is 3.02. The molecule has 0 saturated carbocycles. The highest BCUT2D eigenvalue weighted by atomic mass is 127. The molecule has 1 aromatic heterocycles. The first-order valence-electron chi connectivity index (χ1n) is 10.1. The van der Waals surface area contributed by atoms with Crippen LogP contribution >= 0.6 is 24.0 Å². The fourth-order valence-electron chi connectivity index (χ4n) is 3.36. The number of benzene rings is 1. The molecule has 1 N–H and O–H groups in total. The Morgan fingerprint density at radius 1 is 1.16 bits per heavy atom. The summed E-state index contributed by atoms with van der Waals surface area (Å²) in [7, 11) is 8.82. The lowest BCUT2D eigenvalue weighted by molar-refractivity contribution is 0.324. The predicted molar refractivity (Wildman–Crippen MR) is 135 cm³/mol. The predicted octanol–water partition coefficient (Wildman–Crippen LogP) is 3.78. The number of aromatic nitrogens is 2. The second kappa shape index (κ2) is 12.6. The van der Waals surface area contributed by atoms with Crippen molar-refractivity contribution in [2.45, 2.75) is 39.8 Å². The van der Waals surface area contributed by atoms with Crippen molar-refractivity contribution in [1.82, 2.24) is 20.0 Å². The number of aryl methyl sites for hydroxylation is 1. The molecule has 0 bridgehead atoms. The van der Waals surface area contributed by atoms with Crippen molar-refractivity contribution in [2.75, 3.05) is 34.9 Å². The molecule has 0 aliphatic carbocycles. The normalized spacial score (nSPS) is 11.2. The van der Waals surface area contributed by atoms with E-state index in [2.05, 4.69) is 42.3 Å². The van der Waals surface area contributed by atoms with Crippen LogP contribution in [0.3, 0.4) is 0 Å². The summed E-state index contributed by atoms with van der Waals surface area (Å²) in [5, 5.41) is 7.98. The van der Waals surface area contributed by atoms with Crippen LogP contribution in [0.2, 0.25) is 0 Å². The van der Waals surface area contributed by atoms with E-state index in [1.54, 1.807) is 21.3 Å². The number of nitrogens with zero attached hydrogens (tertiary/aromatic N) is 4. The Labute approximate surface area is 203 Å². The van der Waals surface area contributed by atoms with Gasteiger partial charge in [-0.1, -0.05) is 13.8 Å². The molecule has 9 heteroatoms. The third kappa shape index (κ3) is 6.91. The average molecular weight is 545 g/mol. The summed E-state index contributed by atoms with van der Waals surface area (Å²) in [6.45, 7) is 8.37. The number of rotatable bonds is 9. The van der Waals surface area contributed by atoms with Gasteiger partial charge in [-0.05, 0) is 30.5 Å². The van der Waals surface area contributed by atoms with E-state index in [-0.39, 0.29) is 24.0 Å². The Hall–Kier alpha value is -2.17. The van der Waals surface area contributed by atoms with Crippen LogP contribution in [0.25, 0.3) is 0 Å². The van der Waals surface area contributed by atoms with Gasteiger partial charge in [0.05, 0.1) is 33.6 Å². The van der Waals surface area contributed by atoms with E-state index in [1.165, 1.54) is 5.56 Å². The van der Waals surface area contributed by atoms with E-state index < -0.39 is 0 Å². The van der Waals surface area contributed by atoms with Gasteiger partial charge in [0.15, 0.2) is 17.5 Å². The quantitative estimate of drug-likeness (QED) is 0.294. The van der Waals surface area contributed by atoms with E-state index in [1.807, 2.05) is 30.9 Å². The van der Waals surface area contributed by atoms with Crippen molar-refractivity contribution in [3.05, 3.63) is 35.2 Å². The molecule has 0 amide bonds. The summed E-state index contributed by atoms with van der Waals surface area (Å²) in [4.78, 5) is 6.94. The third-order valence-electron chi connectivity index (χ3n) is 4.72. The third-order valence-corrected chi connectivity index (χ3v) is 4.72. The summed E-state index contributed by atoms with van der Waals surface area (Å²) in [6, 6.07) is 3.85. The minimum atomic E-state index is 0. The number of hydrogen-bond acceptors (Lipinski definition) is 5. The van der Waals surface area contributed by atoms with Crippen LogP contribution in [0.4, 0.5) is 0 Å². The van der Waals surface area contributed by atoms with Crippen LogP contribution in [0.1, 0.15) is 43.5 Å². The van der Waals surface area contributed by atoms with Gasteiger partial charge in [0.1, 0.15) is 0 Å². The van der Waals surface area contributed by atoms with Crippen molar-refractivity contribution in [3.63, 3.8) is 0 Å². The topological polar surface area (TPSA) is 73.1 Å². The second-order valence-corrected chi connectivity index (χ2v) is 7.43. The van der Waals surface area contributed by atoms with Gasteiger partial charge in [-0.25, -0.2) is 4.99 Å². The summed E-state index contributed by atoms with van der Waals surface area (Å²) >= 11 is 0. The van der Waals surface area contributed by atoms with Crippen molar-refractivity contribution >= 4 is 29.9 Å². The van der Waals surface area contributed by atoms with E-state index in [4.69, 9.17) is 19.2 Å². The molecular weight excluding hydrogens is 509 g/mol. The molecule has 0 unspecified atom stereocenters. The number of aliphatic imine (C=N–C) groups is 1. The van der Waals surface area contributed by atoms with Gasteiger partial charge in [0.25, 0.3) is 0 Å². The minimum absolute atomic E-state index is 0. The van der Waals surface area contributed by atoms with Crippen molar-refractivity contribution in [2.24, 2.45) is 12.0 Å². The lowest BCUT2D eigenvalue weighted by Gasteiger charge is -2.22. The zero-order valence-corrected chi connectivity index (χ0v) is 22.2. The van der Waals surface area contributed by atoms with Crippen molar-refractivity contribution in [3.8, 4) is 17.2 Å². The lowest BCUT2D eigenvalue weighted by Crippen LogP contribution is -2.38. The van der Waals surface area contributed by atoms with Gasteiger partial charge in [0.2, 0.25) is 5.75 Å². The van der Waals surface area contributed by atoms with Crippen LogP contribution in [-0.4, -0.2) is 55.6 Å². The molecule has 1 aromatic carbocycles. The summed E-state index contributed by atoms with van der Waals surface area (Å²) in [6.07, 6.45) is 2.08. The fraction of sp³-hybridized carbons (Fsp3) is 0.545. The molecule has 0 radical (unpaired) electrons. The molecule has 2 rings (SSSR count). The Morgan fingerprint density at radius 2 is 1.77 bits per heavy atom.